The quantitative estimate of drug-likeness (QED) is 0.214. The van der Waals surface area contributed by atoms with Crippen LogP contribution in [0.4, 0.5) is 0 Å². The lowest BCUT2D eigenvalue weighted by atomic mass is 9.97. The molecular formula is C32H39ClN2O6. The summed E-state index contributed by atoms with van der Waals surface area (Å²) in [6, 6.07) is 10.4. The van der Waals surface area contributed by atoms with Crippen molar-refractivity contribution >= 4 is 34.4 Å². The molecule has 8 nitrogen and oxygen atoms in total. The predicted molar refractivity (Wildman–Crippen MR) is 159 cm³/mol. The van der Waals surface area contributed by atoms with Crippen LogP contribution in [0.5, 0.6) is 11.5 Å². The molecular weight excluding hydrogens is 544 g/mol. The Bertz CT molecular complexity index is 1420. The van der Waals surface area contributed by atoms with Gasteiger partial charge in [-0.1, -0.05) is 57.7 Å². The van der Waals surface area contributed by atoms with Crippen molar-refractivity contribution in [2.75, 3.05) is 19.9 Å². The molecule has 0 saturated carbocycles. The minimum atomic E-state index is -0.248. The molecule has 41 heavy (non-hydrogen) atoms. The number of fused-ring (bicyclic) bond motifs is 2. The number of hydrogen-bond acceptors (Lipinski definition) is 6. The minimum Gasteiger partial charge on any atom is -0.464 e. The van der Waals surface area contributed by atoms with Crippen molar-refractivity contribution in [3.8, 4) is 11.5 Å². The van der Waals surface area contributed by atoms with Gasteiger partial charge in [-0.15, -0.1) is 0 Å². The second-order valence-electron chi connectivity index (χ2n) is 10.5. The topological polar surface area (TPSA) is 89.3 Å². The zero-order valence-electron chi connectivity index (χ0n) is 24.1. The Morgan fingerprint density at radius 1 is 0.951 bits per heavy atom. The highest BCUT2D eigenvalue weighted by atomic mass is 35.5. The van der Waals surface area contributed by atoms with Gasteiger partial charge >= 0.3 is 0 Å². The Hall–Kier alpha value is -3.52. The van der Waals surface area contributed by atoms with E-state index in [9.17, 15) is 14.4 Å². The molecule has 4 rings (SSSR count). The van der Waals surface area contributed by atoms with Crippen LogP contribution in [0.25, 0.3) is 11.0 Å². The monoisotopic (exact) mass is 582 g/mol. The molecule has 1 aliphatic rings. The van der Waals surface area contributed by atoms with E-state index in [0.29, 0.717) is 39.6 Å². The fraction of sp³-hybridized carbons (Fsp3) is 0.469. The maximum Gasteiger partial charge on any atom is 0.242 e. The molecule has 0 bridgehead atoms. The predicted octanol–water partition coefficient (Wildman–Crippen LogP) is 6.55. The van der Waals surface area contributed by atoms with Crippen LogP contribution in [0.15, 0.2) is 51.9 Å². The molecule has 0 fully saturated rings. The van der Waals surface area contributed by atoms with E-state index >= 15 is 0 Å². The summed E-state index contributed by atoms with van der Waals surface area (Å²) >= 11 is 6.15. The summed E-state index contributed by atoms with van der Waals surface area (Å²) < 4.78 is 16.7. The van der Waals surface area contributed by atoms with Gasteiger partial charge in [0.25, 0.3) is 0 Å². The number of amides is 2. The van der Waals surface area contributed by atoms with Crippen LogP contribution in [-0.4, -0.2) is 41.5 Å². The molecule has 3 aromatic rings. The van der Waals surface area contributed by atoms with Gasteiger partial charge in [0, 0.05) is 24.0 Å². The summed E-state index contributed by atoms with van der Waals surface area (Å²) in [4.78, 5) is 44.2. The van der Waals surface area contributed by atoms with E-state index in [0.717, 1.165) is 44.1 Å². The normalized spacial score (nSPS) is 12.9. The highest BCUT2D eigenvalue weighted by molar-refractivity contribution is 6.31. The van der Waals surface area contributed by atoms with Gasteiger partial charge in [-0.05, 0) is 55.2 Å². The third-order valence-electron chi connectivity index (χ3n) is 7.50. The van der Waals surface area contributed by atoms with Gasteiger partial charge in [0.15, 0.2) is 16.9 Å². The summed E-state index contributed by atoms with van der Waals surface area (Å²) in [7, 11) is 0. The van der Waals surface area contributed by atoms with Crippen LogP contribution in [0.1, 0.15) is 70.4 Å². The lowest BCUT2D eigenvalue weighted by Gasteiger charge is -2.30. The summed E-state index contributed by atoms with van der Waals surface area (Å²) in [6.45, 7) is 7.03. The van der Waals surface area contributed by atoms with E-state index in [4.69, 9.17) is 25.5 Å². The summed E-state index contributed by atoms with van der Waals surface area (Å²) in [5, 5.41) is 0.779. The Labute approximate surface area is 246 Å². The molecule has 2 heterocycles. The Morgan fingerprint density at radius 3 is 2.49 bits per heavy atom. The van der Waals surface area contributed by atoms with Crippen molar-refractivity contribution in [1.82, 2.24) is 9.80 Å². The first-order valence-corrected chi connectivity index (χ1v) is 14.9. The number of benzene rings is 2. The molecule has 2 aromatic carbocycles. The molecule has 0 unspecified atom stereocenters. The number of unbranched alkanes of at least 4 members (excludes halogenated alkanes) is 2. The molecule has 1 atom stereocenters. The molecule has 0 aliphatic carbocycles. The van der Waals surface area contributed by atoms with Crippen molar-refractivity contribution in [3.05, 3.63) is 69.0 Å². The van der Waals surface area contributed by atoms with Gasteiger partial charge in [-0.3, -0.25) is 14.4 Å². The molecule has 9 heteroatoms. The number of nitrogens with zero attached hydrogens (tertiary/aromatic N) is 2. The molecule has 0 radical (unpaired) electrons. The van der Waals surface area contributed by atoms with E-state index in [2.05, 4.69) is 13.8 Å². The first-order valence-electron chi connectivity index (χ1n) is 14.5. The van der Waals surface area contributed by atoms with Gasteiger partial charge in [0.1, 0.15) is 5.58 Å². The van der Waals surface area contributed by atoms with Crippen LogP contribution in [0.2, 0.25) is 5.02 Å². The molecule has 1 aromatic heterocycles. The zero-order chi connectivity index (χ0) is 29.4. The second-order valence-corrected chi connectivity index (χ2v) is 11.0. The average Bonchev–Trinajstić information content (AvgIpc) is 3.44. The van der Waals surface area contributed by atoms with Crippen molar-refractivity contribution in [2.24, 2.45) is 5.92 Å². The van der Waals surface area contributed by atoms with Crippen molar-refractivity contribution in [2.45, 2.75) is 72.4 Å². The fourth-order valence-corrected chi connectivity index (χ4v) is 5.21. The highest BCUT2D eigenvalue weighted by Gasteiger charge is 2.27. The summed E-state index contributed by atoms with van der Waals surface area (Å²) in [6.07, 6.45) is 6.64. The number of halogens is 1. The Morgan fingerprint density at radius 2 is 1.73 bits per heavy atom. The number of ether oxygens (including phenoxy) is 2. The largest absolute Gasteiger partial charge is 0.464 e. The van der Waals surface area contributed by atoms with Crippen molar-refractivity contribution in [1.29, 1.82) is 0 Å². The van der Waals surface area contributed by atoms with Crippen molar-refractivity contribution in [3.63, 3.8) is 0 Å². The molecule has 0 spiro atoms. The first kappa shape index (κ1) is 30.4. The van der Waals surface area contributed by atoms with Crippen molar-refractivity contribution < 1.29 is 23.5 Å². The molecule has 2 amide bonds. The fourth-order valence-electron chi connectivity index (χ4n) is 5.04. The van der Waals surface area contributed by atoms with Gasteiger partial charge in [-0.2, -0.15) is 0 Å². The van der Waals surface area contributed by atoms with E-state index in [1.165, 1.54) is 6.26 Å². The van der Waals surface area contributed by atoms with Crippen LogP contribution >= 0.6 is 11.6 Å². The Balaban J connectivity index is 1.63. The van der Waals surface area contributed by atoms with Crippen LogP contribution in [-0.2, 0) is 22.7 Å². The highest BCUT2D eigenvalue weighted by Crippen LogP contribution is 2.33. The zero-order valence-corrected chi connectivity index (χ0v) is 24.9. The molecule has 0 saturated heterocycles. The number of carbonyl (C=O) groups excluding carboxylic acids is 2. The van der Waals surface area contributed by atoms with Crippen LogP contribution in [0.3, 0.4) is 0 Å². The first-order chi connectivity index (χ1) is 19.8. The molecule has 1 aliphatic heterocycles. The van der Waals surface area contributed by atoms with E-state index in [-0.39, 0.29) is 49.6 Å². The lowest BCUT2D eigenvalue weighted by Crippen LogP contribution is -2.45. The smallest absolute Gasteiger partial charge is 0.242 e. The van der Waals surface area contributed by atoms with E-state index in [1.807, 2.05) is 25.1 Å². The minimum absolute atomic E-state index is 0.0148. The third kappa shape index (κ3) is 7.61. The van der Waals surface area contributed by atoms with Crippen LogP contribution < -0.4 is 14.9 Å². The van der Waals surface area contributed by atoms with Gasteiger partial charge in [-0.25, -0.2) is 0 Å². The molecule has 220 valence electrons. The van der Waals surface area contributed by atoms with Gasteiger partial charge in [0.2, 0.25) is 18.6 Å². The van der Waals surface area contributed by atoms with Gasteiger partial charge in [0.05, 0.1) is 30.3 Å². The van der Waals surface area contributed by atoms with E-state index in [1.54, 1.807) is 28.0 Å². The van der Waals surface area contributed by atoms with Gasteiger partial charge < -0.3 is 23.7 Å². The van der Waals surface area contributed by atoms with Crippen LogP contribution in [0, 0.1) is 5.92 Å². The summed E-state index contributed by atoms with van der Waals surface area (Å²) in [5.74, 6) is 0.914. The van der Waals surface area contributed by atoms with E-state index < -0.39 is 0 Å². The maximum atomic E-state index is 13.9. The number of rotatable bonds is 14. The summed E-state index contributed by atoms with van der Waals surface area (Å²) in [5.41, 5.74) is 1.32. The average molecular weight is 583 g/mol. The third-order valence-corrected chi connectivity index (χ3v) is 7.73. The molecule has 0 N–H and O–H groups in total. The lowest BCUT2D eigenvalue weighted by molar-refractivity contribution is -0.144. The maximum absolute atomic E-state index is 13.9. The SMILES string of the molecule is CCCC[C@@H](CC)C(=O)N(CCCC)CC(=O)N(Cc1ccc2c(c1)OCO2)Cc1coc2ccc(Cl)cc2c1=O. The Kier molecular flexibility index (Phi) is 10.7. The second kappa shape index (κ2) is 14.4. The standard InChI is InChI=1S/C32H39ClN2O6/c1-4-7-9-23(6-3)32(38)34(14-8-5-2)19-30(36)35(17-22-10-12-28-29(15-22)41-21-40-28)18-24-20-39-27-13-11-25(33)16-26(27)31(24)37/h10-13,15-16,20,23H,4-9,14,17-19,21H2,1-3H3/t23-/m1/s1. The number of hydrogen-bond donors (Lipinski definition) is 0. The number of carbonyl (C=O) groups is 2.